The first-order valence-corrected chi connectivity index (χ1v) is 5.95. The van der Waals surface area contributed by atoms with E-state index in [1.54, 1.807) is 25.0 Å². The maximum atomic E-state index is 5.41. The Morgan fingerprint density at radius 3 is 2.89 bits per heavy atom. The summed E-state index contributed by atoms with van der Waals surface area (Å²) >= 11 is 0. The number of aromatic amines is 1. The molecule has 4 aromatic rings. The maximum absolute atomic E-state index is 5.41. The molecular formula is C15H10N2O2. The van der Waals surface area contributed by atoms with Crippen LogP contribution >= 0.6 is 0 Å². The molecule has 4 aromatic heterocycles. The second-order valence-electron chi connectivity index (χ2n) is 4.31. The van der Waals surface area contributed by atoms with Crippen LogP contribution in [-0.4, -0.2) is 9.97 Å². The minimum atomic E-state index is 0.814. The fourth-order valence-corrected chi connectivity index (χ4v) is 2.24. The van der Waals surface area contributed by atoms with Gasteiger partial charge in [-0.3, -0.25) is 0 Å². The molecule has 0 bridgehead atoms. The Morgan fingerprint density at radius 2 is 2.11 bits per heavy atom. The second-order valence-corrected chi connectivity index (χ2v) is 4.31. The molecule has 0 amide bonds. The molecule has 4 heteroatoms. The Bertz CT molecular complexity index is 811. The lowest BCUT2D eigenvalue weighted by molar-refractivity contribution is 0.568. The summed E-state index contributed by atoms with van der Waals surface area (Å²) in [4.78, 5) is 7.59. The van der Waals surface area contributed by atoms with E-state index in [0.717, 1.165) is 33.5 Å². The van der Waals surface area contributed by atoms with E-state index in [4.69, 9.17) is 8.83 Å². The topological polar surface area (TPSA) is 55.0 Å². The summed E-state index contributed by atoms with van der Waals surface area (Å²) in [6.07, 6.45) is 8.79. The molecule has 0 saturated heterocycles. The van der Waals surface area contributed by atoms with Crippen LogP contribution in [0.3, 0.4) is 0 Å². The Labute approximate surface area is 108 Å². The van der Waals surface area contributed by atoms with Crippen molar-refractivity contribution in [2.24, 2.45) is 0 Å². The van der Waals surface area contributed by atoms with Crippen molar-refractivity contribution in [3.8, 4) is 22.5 Å². The van der Waals surface area contributed by atoms with E-state index < -0.39 is 0 Å². The van der Waals surface area contributed by atoms with Gasteiger partial charge in [0.05, 0.1) is 18.8 Å². The summed E-state index contributed by atoms with van der Waals surface area (Å²) in [5.41, 5.74) is 3.92. The van der Waals surface area contributed by atoms with Gasteiger partial charge in [-0.2, -0.15) is 0 Å². The van der Waals surface area contributed by atoms with Crippen LogP contribution < -0.4 is 0 Å². The van der Waals surface area contributed by atoms with Gasteiger partial charge in [-0.15, -0.1) is 0 Å². The number of nitrogens with zero attached hydrogens (tertiary/aromatic N) is 1. The zero-order chi connectivity index (χ0) is 12.7. The maximum Gasteiger partial charge on any atom is 0.137 e. The van der Waals surface area contributed by atoms with Gasteiger partial charge in [0.25, 0.3) is 0 Å². The van der Waals surface area contributed by atoms with Gasteiger partial charge in [0, 0.05) is 34.5 Å². The Kier molecular flexibility index (Phi) is 2.08. The summed E-state index contributed by atoms with van der Waals surface area (Å²) in [5, 5.41) is 1.05. The molecule has 0 spiro atoms. The molecular weight excluding hydrogens is 240 g/mol. The third kappa shape index (κ3) is 1.57. The van der Waals surface area contributed by atoms with Crippen molar-refractivity contribution in [3.05, 3.63) is 55.4 Å². The van der Waals surface area contributed by atoms with E-state index in [0.29, 0.717) is 0 Å². The van der Waals surface area contributed by atoms with Gasteiger partial charge < -0.3 is 13.8 Å². The lowest BCUT2D eigenvalue weighted by atomic mass is 10.1. The first-order chi connectivity index (χ1) is 9.42. The van der Waals surface area contributed by atoms with Crippen molar-refractivity contribution in [2.45, 2.75) is 0 Å². The van der Waals surface area contributed by atoms with Gasteiger partial charge in [0.2, 0.25) is 0 Å². The second kappa shape index (κ2) is 3.88. The highest BCUT2D eigenvalue weighted by Gasteiger charge is 2.10. The summed E-state index contributed by atoms with van der Waals surface area (Å²) in [5.74, 6) is 0.814. The van der Waals surface area contributed by atoms with E-state index in [9.17, 15) is 0 Å². The Morgan fingerprint density at radius 1 is 1.11 bits per heavy atom. The quantitative estimate of drug-likeness (QED) is 0.583. The minimum Gasteiger partial charge on any atom is -0.472 e. The van der Waals surface area contributed by atoms with Gasteiger partial charge in [0.1, 0.15) is 11.4 Å². The third-order valence-corrected chi connectivity index (χ3v) is 3.17. The third-order valence-electron chi connectivity index (χ3n) is 3.17. The highest BCUT2D eigenvalue weighted by Crippen LogP contribution is 2.31. The van der Waals surface area contributed by atoms with Crippen LogP contribution in [0.1, 0.15) is 0 Å². The predicted octanol–water partition coefficient (Wildman–Crippen LogP) is 4.08. The number of aromatic nitrogens is 2. The molecule has 4 nitrogen and oxygen atoms in total. The molecule has 0 radical (unpaired) electrons. The number of hydrogen-bond donors (Lipinski definition) is 1. The molecule has 1 N–H and O–H groups in total. The van der Waals surface area contributed by atoms with Gasteiger partial charge in [-0.1, -0.05) is 0 Å². The molecule has 0 aliphatic heterocycles. The van der Waals surface area contributed by atoms with Gasteiger partial charge in [-0.25, -0.2) is 4.98 Å². The average molecular weight is 250 g/mol. The largest absolute Gasteiger partial charge is 0.472 e. The predicted molar refractivity (Wildman–Crippen MR) is 71.5 cm³/mol. The van der Waals surface area contributed by atoms with E-state index >= 15 is 0 Å². The molecule has 19 heavy (non-hydrogen) atoms. The molecule has 0 saturated carbocycles. The average Bonchev–Trinajstić information content (AvgIpc) is 3.18. The van der Waals surface area contributed by atoms with E-state index in [1.807, 2.05) is 24.4 Å². The monoisotopic (exact) mass is 250 g/mol. The van der Waals surface area contributed by atoms with Gasteiger partial charge in [-0.05, 0) is 24.3 Å². The molecule has 0 atom stereocenters. The van der Waals surface area contributed by atoms with Crippen LogP contribution in [0, 0.1) is 0 Å². The molecule has 0 unspecified atom stereocenters. The lowest BCUT2D eigenvalue weighted by Gasteiger charge is -1.98. The summed E-state index contributed by atoms with van der Waals surface area (Å²) in [6.45, 7) is 0. The highest BCUT2D eigenvalue weighted by molar-refractivity contribution is 5.95. The van der Waals surface area contributed by atoms with Crippen LogP contribution in [0.15, 0.2) is 64.3 Å². The lowest BCUT2D eigenvalue weighted by Crippen LogP contribution is -1.80. The van der Waals surface area contributed by atoms with Crippen LogP contribution in [0.4, 0.5) is 0 Å². The van der Waals surface area contributed by atoms with Crippen molar-refractivity contribution in [3.63, 3.8) is 0 Å². The molecule has 0 fully saturated rings. The molecule has 4 rings (SSSR count). The number of H-pyrrole nitrogens is 1. The minimum absolute atomic E-state index is 0.814. The van der Waals surface area contributed by atoms with E-state index in [2.05, 4.69) is 16.0 Å². The van der Waals surface area contributed by atoms with Crippen LogP contribution in [0.25, 0.3) is 33.5 Å². The number of fused-ring (bicyclic) bond motifs is 1. The van der Waals surface area contributed by atoms with Gasteiger partial charge in [0.15, 0.2) is 0 Å². The fraction of sp³-hybridized carbons (Fsp3) is 0. The number of hydrogen-bond acceptors (Lipinski definition) is 3. The number of nitrogens with one attached hydrogen (secondary N) is 1. The number of rotatable bonds is 2. The van der Waals surface area contributed by atoms with E-state index in [-0.39, 0.29) is 0 Å². The summed E-state index contributed by atoms with van der Waals surface area (Å²) < 4.78 is 10.5. The van der Waals surface area contributed by atoms with Crippen LogP contribution in [0.5, 0.6) is 0 Å². The SMILES string of the molecule is c1coc(-c2cnc3[nH]cc(-c4ccoc4)c3c2)c1. The molecule has 4 heterocycles. The number of pyridine rings is 1. The van der Waals surface area contributed by atoms with Crippen LogP contribution in [-0.2, 0) is 0 Å². The normalized spacial score (nSPS) is 11.2. The van der Waals surface area contributed by atoms with Crippen molar-refractivity contribution in [1.82, 2.24) is 9.97 Å². The Balaban J connectivity index is 1.95. The number of furan rings is 2. The smallest absolute Gasteiger partial charge is 0.137 e. The standard InChI is InChI=1S/C15H10N2O2/c1-2-14(19-4-1)11-6-12-13(10-3-5-18-9-10)8-17-15(12)16-7-11/h1-9H,(H,16,17). The van der Waals surface area contributed by atoms with Crippen LogP contribution in [0.2, 0.25) is 0 Å². The molecule has 0 aliphatic carbocycles. The summed E-state index contributed by atoms with van der Waals surface area (Å²) in [7, 11) is 0. The van der Waals surface area contributed by atoms with Gasteiger partial charge >= 0.3 is 0 Å². The fourth-order valence-electron chi connectivity index (χ4n) is 2.24. The van der Waals surface area contributed by atoms with E-state index in [1.165, 1.54) is 0 Å². The zero-order valence-corrected chi connectivity index (χ0v) is 9.96. The first-order valence-electron chi connectivity index (χ1n) is 5.95. The molecule has 0 aromatic carbocycles. The van der Waals surface area contributed by atoms with Crippen molar-refractivity contribution < 1.29 is 8.83 Å². The highest BCUT2D eigenvalue weighted by atomic mass is 16.3. The molecule has 0 aliphatic rings. The van der Waals surface area contributed by atoms with Crippen molar-refractivity contribution >= 4 is 11.0 Å². The molecule has 92 valence electrons. The van der Waals surface area contributed by atoms with Crippen molar-refractivity contribution in [1.29, 1.82) is 0 Å². The Hall–Kier alpha value is -2.75. The zero-order valence-electron chi connectivity index (χ0n) is 9.96. The van der Waals surface area contributed by atoms with Crippen molar-refractivity contribution in [2.75, 3.05) is 0 Å². The first kappa shape index (κ1) is 10.2. The summed E-state index contributed by atoms with van der Waals surface area (Å²) in [6, 6.07) is 7.79.